The number of urea groups is 1. The Kier molecular flexibility index (Phi) is 6.65. The van der Waals surface area contributed by atoms with Gasteiger partial charge < -0.3 is 19.7 Å². The molecule has 1 aliphatic heterocycles. The zero-order valence-corrected chi connectivity index (χ0v) is 15.1. The van der Waals surface area contributed by atoms with Crippen molar-refractivity contribution in [1.29, 1.82) is 0 Å². The summed E-state index contributed by atoms with van der Waals surface area (Å²) in [5, 5.41) is 12.6. The van der Waals surface area contributed by atoms with E-state index < -0.39 is 0 Å². The van der Waals surface area contributed by atoms with Gasteiger partial charge in [-0.15, -0.1) is 0 Å². The predicted molar refractivity (Wildman–Crippen MR) is 92.8 cm³/mol. The molecule has 1 fully saturated rings. The predicted octanol–water partition coefficient (Wildman–Crippen LogP) is 0.979. The smallest absolute Gasteiger partial charge is 0.317 e. The van der Waals surface area contributed by atoms with Crippen molar-refractivity contribution in [3.63, 3.8) is 0 Å². The zero-order chi connectivity index (χ0) is 17.7. The highest BCUT2D eigenvalue weighted by Crippen LogP contribution is 2.18. The molecule has 0 aromatic carbocycles. The highest BCUT2D eigenvalue weighted by atomic mass is 16.3. The largest absolute Gasteiger partial charge is 0.468 e. The van der Waals surface area contributed by atoms with E-state index >= 15 is 0 Å². The minimum Gasteiger partial charge on any atom is -0.468 e. The van der Waals surface area contributed by atoms with Gasteiger partial charge in [0.25, 0.3) is 0 Å². The lowest BCUT2D eigenvalue weighted by molar-refractivity contribution is 0.0563. The van der Waals surface area contributed by atoms with Gasteiger partial charge >= 0.3 is 6.03 Å². The van der Waals surface area contributed by atoms with Crippen LogP contribution in [0, 0.1) is 0 Å². The van der Waals surface area contributed by atoms with Gasteiger partial charge in [0.15, 0.2) is 0 Å². The maximum absolute atomic E-state index is 12.5. The summed E-state index contributed by atoms with van der Waals surface area (Å²) < 4.78 is 5.47. The first-order valence-corrected chi connectivity index (χ1v) is 8.53. The van der Waals surface area contributed by atoms with Crippen LogP contribution in [0.2, 0.25) is 0 Å². The Balaban J connectivity index is 1.84. The molecule has 2 amide bonds. The fraction of sp³-hybridized carbons (Fsp3) is 0.706. The molecule has 0 spiro atoms. The third-order valence-electron chi connectivity index (χ3n) is 4.49. The molecule has 136 valence electrons. The normalized spacial score (nSPS) is 21.8. The highest BCUT2D eigenvalue weighted by molar-refractivity contribution is 5.74. The van der Waals surface area contributed by atoms with Crippen LogP contribution in [0.25, 0.3) is 0 Å². The number of hydrogen-bond acceptors (Lipinski definition) is 5. The average Bonchev–Trinajstić information content (AvgIpc) is 3.02. The number of piperazine rings is 1. The zero-order valence-electron chi connectivity index (χ0n) is 15.1. The van der Waals surface area contributed by atoms with Gasteiger partial charge in [0.2, 0.25) is 0 Å². The number of aliphatic hydroxyl groups excluding tert-OH is 1. The maximum atomic E-state index is 12.5. The number of nitrogens with zero attached hydrogens (tertiary/aromatic N) is 3. The van der Waals surface area contributed by atoms with Crippen molar-refractivity contribution in [1.82, 2.24) is 20.0 Å². The molecule has 2 rings (SSSR count). The SMILES string of the molecule is C[C@H](O)CN1CCN(C(=O)NC[C@H](c2ccco2)N(C)C)C[C@@H]1C. The monoisotopic (exact) mass is 338 g/mol. The van der Waals surface area contributed by atoms with Crippen molar-refractivity contribution in [3.8, 4) is 0 Å². The summed E-state index contributed by atoms with van der Waals surface area (Å²) in [4.78, 5) is 18.6. The lowest BCUT2D eigenvalue weighted by Crippen LogP contribution is -2.57. The van der Waals surface area contributed by atoms with Gasteiger partial charge in [0.05, 0.1) is 18.4 Å². The van der Waals surface area contributed by atoms with Crippen LogP contribution in [0.5, 0.6) is 0 Å². The summed E-state index contributed by atoms with van der Waals surface area (Å²) in [6.07, 6.45) is 1.30. The number of hydrogen-bond donors (Lipinski definition) is 2. The molecule has 0 bridgehead atoms. The Morgan fingerprint density at radius 2 is 2.25 bits per heavy atom. The number of furan rings is 1. The fourth-order valence-corrected chi connectivity index (χ4v) is 3.10. The summed E-state index contributed by atoms with van der Waals surface area (Å²) in [5.41, 5.74) is 0. The highest BCUT2D eigenvalue weighted by Gasteiger charge is 2.28. The van der Waals surface area contributed by atoms with Crippen molar-refractivity contribution >= 4 is 6.03 Å². The van der Waals surface area contributed by atoms with Gasteiger partial charge in [-0.25, -0.2) is 4.79 Å². The number of likely N-dealkylation sites (N-methyl/N-ethyl adjacent to an activating group) is 1. The first kappa shape index (κ1) is 18.8. The minimum absolute atomic E-state index is 0.0119. The number of nitrogens with one attached hydrogen (secondary N) is 1. The van der Waals surface area contributed by atoms with Crippen molar-refractivity contribution in [2.24, 2.45) is 0 Å². The van der Waals surface area contributed by atoms with E-state index in [1.165, 1.54) is 0 Å². The summed E-state index contributed by atoms with van der Waals surface area (Å²) in [7, 11) is 3.94. The minimum atomic E-state index is -0.345. The second-order valence-corrected chi connectivity index (χ2v) is 6.82. The molecule has 24 heavy (non-hydrogen) atoms. The van der Waals surface area contributed by atoms with Gasteiger partial charge in [-0.2, -0.15) is 0 Å². The van der Waals surface area contributed by atoms with Crippen molar-refractivity contribution in [2.75, 3.05) is 46.8 Å². The molecule has 1 saturated heterocycles. The molecule has 0 saturated carbocycles. The van der Waals surface area contributed by atoms with Crippen LogP contribution in [0.15, 0.2) is 22.8 Å². The maximum Gasteiger partial charge on any atom is 0.317 e. The summed E-state index contributed by atoms with van der Waals surface area (Å²) in [5.74, 6) is 0.843. The molecule has 1 aromatic rings. The summed E-state index contributed by atoms with van der Waals surface area (Å²) in [6, 6.07) is 3.99. The molecule has 2 N–H and O–H groups in total. The Morgan fingerprint density at radius 1 is 1.50 bits per heavy atom. The fourth-order valence-electron chi connectivity index (χ4n) is 3.10. The van der Waals surface area contributed by atoms with Gasteiger partial charge in [-0.05, 0) is 40.1 Å². The first-order valence-electron chi connectivity index (χ1n) is 8.53. The Morgan fingerprint density at radius 3 is 2.79 bits per heavy atom. The molecule has 1 aromatic heterocycles. The molecular formula is C17H30N4O3. The molecule has 7 heteroatoms. The van der Waals surface area contributed by atoms with Crippen molar-refractivity contribution in [3.05, 3.63) is 24.2 Å². The molecule has 7 nitrogen and oxygen atoms in total. The number of β-amino-alcohol motifs (C(OH)–C–C–N with tert-alkyl or cyclic N) is 1. The second kappa shape index (κ2) is 8.50. The van der Waals surface area contributed by atoms with Crippen molar-refractivity contribution < 1.29 is 14.3 Å². The molecule has 0 aliphatic carbocycles. The summed E-state index contributed by atoms with van der Waals surface area (Å²) >= 11 is 0. The number of carbonyl (C=O) groups excluding carboxylic acids is 1. The topological polar surface area (TPSA) is 72.2 Å². The Labute approximate surface area is 144 Å². The lowest BCUT2D eigenvalue weighted by Gasteiger charge is -2.40. The van der Waals surface area contributed by atoms with Gasteiger partial charge in [-0.1, -0.05) is 0 Å². The average molecular weight is 338 g/mol. The van der Waals surface area contributed by atoms with Crippen LogP contribution >= 0.6 is 0 Å². The van der Waals surface area contributed by atoms with Gasteiger partial charge in [-0.3, -0.25) is 9.80 Å². The molecule has 3 atom stereocenters. The van der Waals surface area contributed by atoms with E-state index in [4.69, 9.17) is 4.42 Å². The van der Waals surface area contributed by atoms with Crippen LogP contribution in [0.3, 0.4) is 0 Å². The number of aliphatic hydroxyl groups is 1. The van der Waals surface area contributed by atoms with Gasteiger partial charge in [0.1, 0.15) is 5.76 Å². The van der Waals surface area contributed by atoms with Crippen LogP contribution in [0.1, 0.15) is 25.6 Å². The van der Waals surface area contributed by atoms with Crippen molar-refractivity contribution in [2.45, 2.75) is 32.0 Å². The third kappa shape index (κ3) is 4.96. The Bertz CT molecular complexity index is 504. The van der Waals surface area contributed by atoms with E-state index in [0.29, 0.717) is 26.2 Å². The van der Waals surface area contributed by atoms with Crippen LogP contribution in [0.4, 0.5) is 4.79 Å². The molecular weight excluding hydrogens is 308 g/mol. The van der Waals surface area contributed by atoms with Crippen LogP contribution in [-0.4, -0.2) is 84.8 Å². The van der Waals surface area contributed by atoms with E-state index in [2.05, 4.69) is 17.1 Å². The van der Waals surface area contributed by atoms with E-state index in [9.17, 15) is 9.90 Å². The standard InChI is InChI=1S/C17H30N4O3/c1-13-11-21(8-7-20(13)12-14(2)22)17(23)18-10-15(19(3)4)16-6-5-9-24-16/h5-6,9,13-15,22H,7-8,10-12H2,1-4H3,(H,18,23)/t13-,14-,15+/m0/s1. The molecule has 1 aliphatic rings. The van der Waals surface area contributed by atoms with Crippen LogP contribution < -0.4 is 5.32 Å². The van der Waals surface area contributed by atoms with E-state index in [1.54, 1.807) is 13.2 Å². The number of rotatable bonds is 6. The number of carbonyl (C=O) groups is 1. The quantitative estimate of drug-likeness (QED) is 0.809. The first-order chi connectivity index (χ1) is 11.4. The van der Waals surface area contributed by atoms with Crippen LogP contribution in [-0.2, 0) is 0 Å². The van der Waals surface area contributed by atoms with E-state index in [-0.39, 0.29) is 24.2 Å². The second-order valence-electron chi connectivity index (χ2n) is 6.82. The molecule has 2 heterocycles. The Hall–Kier alpha value is -1.57. The van der Waals surface area contributed by atoms with E-state index in [0.717, 1.165) is 12.3 Å². The lowest BCUT2D eigenvalue weighted by atomic mass is 10.1. The third-order valence-corrected chi connectivity index (χ3v) is 4.49. The molecule has 0 unspecified atom stereocenters. The molecule has 0 radical (unpaired) electrons. The van der Waals surface area contributed by atoms with E-state index in [1.807, 2.05) is 36.0 Å². The summed E-state index contributed by atoms with van der Waals surface area (Å²) in [6.45, 7) is 7.17. The van der Waals surface area contributed by atoms with Gasteiger partial charge in [0, 0.05) is 38.8 Å². The number of amides is 2.